The molecule has 0 heterocycles. The number of aliphatic hydroxyl groups excluding tert-OH is 1. The molecule has 8 N–H and O–H groups in total. The van der Waals surface area contributed by atoms with Crippen molar-refractivity contribution in [1.82, 2.24) is 10.6 Å². The van der Waals surface area contributed by atoms with Crippen LogP contribution < -0.4 is 16.4 Å². The predicted molar refractivity (Wildman–Crippen MR) is 167 cm³/mol. The lowest BCUT2D eigenvalue weighted by atomic mass is 10.1. The molecular formula is C30H47N3O10S. The summed E-state index contributed by atoms with van der Waals surface area (Å²) in [5, 5.41) is 41.5. The number of carbonyl (C=O) groups is 6. The Morgan fingerprint density at radius 2 is 1.57 bits per heavy atom. The van der Waals surface area contributed by atoms with Crippen LogP contribution in [0.5, 0.6) is 0 Å². The number of carboxylic acid groups (broad SMARTS) is 3. The lowest BCUT2D eigenvalue weighted by molar-refractivity contribution is -0.139. The molecule has 0 unspecified atom stereocenters. The third kappa shape index (κ3) is 22.1. The van der Waals surface area contributed by atoms with Crippen molar-refractivity contribution in [1.29, 1.82) is 0 Å². The fraction of sp³-hybridized carbons (Fsp3) is 0.600. The Kier molecular flexibility index (Phi) is 22.9. The monoisotopic (exact) mass is 641 g/mol. The third-order valence-corrected chi connectivity index (χ3v) is 7.55. The molecule has 2 amide bonds. The van der Waals surface area contributed by atoms with Gasteiger partial charge in [-0.2, -0.15) is 0 Å². The van der Waals surface area contributed by atoms with Crippen LogP contribution in [0.4, 0.5) is 0 Å². The van der Waals surface area contributed by atoms with E-state index in [4.69, 9.17) is 21.1 Å². The molecule has 0 bridgehead atoms. The highest BCUT2D eigenvalue weighted by Gasteiger charge is 2.25. The van der Waals surface area contributed by atoms with Crippen molar-refractivity contribution < 1.29 is 49.2 Å². The Balaban J connectivity index is 5.40. The highest BCUT2D eigenvalue weighted by atomic mass is 32.2. The van der Waals surface area contributed by atoms with Gasteiger partial charge in [0, 0.05) is 36.7 Å². The Bertz CT molecular complexity index is 1020. The van der Waals surface area contributed by atoms with Gasteiger partial charge in [0.2, 0.25) is 11.8 Å². The number of hydrogen-bond acceptors (Lipinski definition) is 9. The molecule has 0 aliphatic carbocycles. The number of hydrogen-bond donors (Lipinski definition) is 7. The van der Waals surface area contributed by atoms with Crippen molar-refractivity contribution in [2.24, 2.45) is 5.73 Å². The molecule has 0 spiro atoms. The standard InChI is InChI=1S/C30H47N3O10S/c1-2-3-4-5-6-8-12-21(34)13-9-7-10-15-25(24(35)14-11-16-27(37)38)44-20-23(29(41)32-19-28(39)40)33-26(36)18-17-22(31)30(42)43/h6-10,15,22-25,35H,2-5,11-14,16-20,31H2,1H3,(H,32,41)(H,33,36)(H,37,38)(H,39,40)(H,42,43)/b8-6-,9-7+,15-10+/t22-,23-,24+,25-/m0/s1. The van der Waals surface area contributed by atoms with E-state index in [1.807, 2.05) is 12.2 Å². The topological polar surface area (TPSA) is 233 Å². The third-order valence-electron chi connectivity index (χ3n) is 6.17. The van der Waals surface area contributed by atoms with Crippen molar-refractivity contribution in [3.05, 3.63) is 36.5 Å². The van der Waals surface area contributed by atoms with Crippen molar-refractivity contribution in [2.45, 2.75) is 101 Å². The molecule has 14 heteroatoms. The number of aliphatic hydroxyl groups is 1. The number of rotatable bonds is 26. The molecule has 4 atom stereocenters. The van der Waals surface area contributed by atoms with E-state index in [-0.39, 0.29) is 50.1 Å². The minimum absolute atomic E-state index is 0.0382. The van der Waals surface area contributed by atoms with Gasteiger partial charge in [0.15, 0.2) is 0 Å². The van der Waals surface area contributed by atoms with Crippen molar-refractivity contribution >= 4 is 47.3 Å². The second-order valence-corrected chi connectivity index (χ2v) is 11.3. The number of carbonyl (C=O) groups excluding carboxylic acids is 3. The first-order valence-electron chi connectivity index (χ1n) is 14.7. The molecular weight excluding hydrogens is 594 g/mol. The summed E-state index contributed by atoms with van der Waals surface area (Å²) in [7, 11) is 0. The molecule has 0 aromatic carbocycles. The maximum Gasteiger partial charge on any atom is 0.322 e. The van der Waals surface area contributed by atoms with Gasteiger partial charge in [0.05, 0.1) is 6.10 Å². The molecule has 0 aromatic rings. The minimum atomic E-state index is -1.30. The van der Waals surface area contributed by atoms with E-state index in [1.54, 1.807) is 24.3 Å². The van der Waals surface area contributed by atoms with E-state index >= 15 is 0 Å². The smallest absolute Gasteiger partial charge is 0.322 e. The highest BCUT2D eigenvalue weighted by Crippen LogP contribution is 2.22. The quantitative estimate of drug-likeness (QED) is 0.0409. The Labute approximate surface area is 262 Å². The van der Waals surface area contributed by atoms with Gasteiger partial charge in [-0.15, -0.1) is 11.8 Å². The van der Waals surface area contributed by atoms with Gasteiger partial charge in [0.1, 0.15) is 24.4 Å². The van der Waals surface area contributed by atoms with Gasteiger partial charge < -0.3 is 36.8 Å². The first-order chi connectivity index (χ1) is 20.9. The molecule has 0 saturated carbocycles. The Morgan fingerprint density at radius 3 is 2.20 bits per heavy atom. The maximum absolute atomic E-state index is 12.6. The number of thioether (sulfide) groups is 1. The first kappa shape index (κ1) is 40.5. The van der Waals surface area contributed by atoms with E-state index < -0.39 is 59.7 Å². The van der Waals surface area contributed by atoms with Gasteiger partial charge in [-0.3, -0.25) is 28.8 Å². The van der Waals surface area contributed by atoms with Gasteiger partial charge in [-0.05, 0) is 32.1 Å². The lowest BCUT2D eigenvalue weighted by Crippen LogP contribution is -2.50. The van der Waals surface area contributed by atoms with Gasteiger partial charge in [-0.25, -0.2) is 0 Å². The van der Waals surface area contributed by atoms with Crippen molar-refractivity contribution in [3.63, 3.8) is 0 Å². The van der Waals surface area contributed by atoms with E-state index in [1.165, 1.54) is 0 Å². The molecule has 248 valence electrons. The molecule has 44 heavy (non-hydrogen) atoms. The highest BCUT2D eigenvalue weighted by molar-refractivity contribution is 8.00. The first-order valence-corrected chi connectivity index (χ1v) is 15.7. The molecule has 0 aromatic heterocycles. The fourth-order valence-corrected chi connectivity index (χ4v) is 4.86. The van der Waals surface area contributed by atoms with Crippen LogP contribution in [0.25, 0.3) is 0 Å². The van der Waals surface area contributed by atoms with Crippen LogP contribution >= 0.6 is 11.8 Å². The molecule has 0 radical (unpaired) electrons. The zero-order valence-electron chi connectivity index (χ0n) is 25.2. The number of ketones is 1. The van der Waals surface area contributed by atoms with Crippen LogP contribution in [-0.4, -0.2) is 91.7 Å². The van der Waals surface area contributed by atoms with Crippen LogP contribution in [0, 0.1) is 0 Å². The van der Waals surface area contributed by atoms with Gasteiger partial charge in [-0.1, -0.05) is 56.2 Å². The van der Waals surface area contributed by atoms with Crippen molar-refractivity contribution in [3.8, 4) is 0 Å². The number of aliphatic carboxylic acids is 3. The molecule has 0 fully saturated rings. The summed E-state index contributed by atoms with van der Waals surface area (Å²) in [6.45, 7) is 1.43. The largest absolute Gasteiger partial charge is 0.481 e. The van der Waals surface area contributed by atoms with Crippen molar-refractivity contribution in [2.75, 3.05) is 12.3 Å². The fourth-order valence-electron chi connectivity index (χ4n) is 3.65. The van der Waals surface area contributed by atoms with E-state index in [9.17, 15) is 33.9 Å². The second kappa shape index (κ2) is 24.9. The van der Waals surface area contributed by atoms with Crippen LogP contribution in [0.15, 0.2) is 36.5 Å². The average Bonchev–Trinajstić information content (AvgIpc) is 2.96. The minimum Gasteiger partial charge on any atom is -0.481 e. The summed E-state index contributed by atoms with van der Waals surface area (Å²) in [5.74, 6) is -5.13. The van der Waals surface area contributed by atoms with Crippen LogP contribution in [0.1, 0.15) is 77.6 Å². The normalized spacial score (nSPS) is 14.3. The summed E-state index contributed by atoms with van der Waals surface area (Å²) in [6.07, 6.45) is 14.0. The second-order valence-electron chi connectivity index (χ2n) is 10.1. The number of Topliss-reactive ketones (excluding diaryl/α,β-unsaturated/α-hetero) is 1. The molecule has 0 rings (SSSR count). The zero-order valence-corrected chi connectivity index (χ0v) is 26.0. The predicted octanol–water partition coefficient (Wildman–Crippen LogP) is 2.18. The van der Waals surface area contributed by atoms with Crippen LogP contribution in [0.3, 0.4) is 0 Å². The number of amides is 2. The number of nitrogens with two attached hydrogens (primary N) is 1. The van der Waals surface area contributed by atoms with E-state index in [2.05, 4.69) is 17.6 Å². The summed E-state index contributed by atoms with van der Waals surface area (Å²) in [6, 6.07) is -2.50. The molecule has 0 aliphatic heterocycles. The number of nitrogens with one attached hydrogen (secondary N) is 2. The number of carboxylic acids is 3. The lowest BCUT2D eigenvalue weighted by Gasteiger charge is -2.23. The molecule has 13 nitrogen and oxygen atoms in total. The van der Waals surface area contributed by atoms with Crippen LogP contribution in [-0.2, 0) is 28.8 Å². The average molecular weight is 642 g/mol. The maximum atomic E-state index is 12.6. The van der Waals surface area contributed by atoms with E-state index in [0.29, 0.717) is 6.42 Å². The summed E-state index contributed by atoms with van der Waals surface area (Å²) < 4.78 is 0. The summed E-state index contributed by atoms with van der Waals surface area (Å²) >= 11 is 1.08. The zero-order chi connectivity index (χ0) is 33.3. The Morgan fingerprint density at radius 1 is 0.864 bits per heavy atom. The van der Waals surface area contributed by atoms with Crippen LogP contribution in [0.2, 0.25) is 0 Å². The van der Waals surface area contributed by atoms with Gasteiger partial charge in [0.25, 0.3) is 0 Å². The van der Waals surface area contributed by atoms with Gasteiger partial charge >= 0.3 is 17.9 Å². The number of unbranched alkanes of at least 4 members (excludes halogenated alkanes) is 3. The SMILES string of the molecule is CCCCC/C=C\CC(=O)C/C=C/C=C/[C@H](SC[C@H](NC(=O)CC[C@H](N)C(=O)O)C(=O)NCC(=O)O)[C@H](O)CCCC(=O)O. The summed E-state index contributed by atoms with van der Waals surface area (Å²) in [5.41, 5.74) is 5.43. The number of allylic oxidation sites excluding steroid dienone is 5. The van der Waals surface area contributed by atoms with E-state index in [0.717, 1.165) is 37.4 Å². The Hall–Kier alpha value is -3.49. The summed E-state index contributed by atoms with van der Waals surface area (Å²) in [4.78, 5) is 69.9. The molecule has 0 aliphatic rings. The molecule has 0 saturated heterocycles.